The maximum absolute atomic E-state index is 10.6. The number of nitrogens with zero attached hydrogens (tertiary/aromatic N) is 5. The van der Waals surface area contributed by atoms with Gasteiger partial charge < -0.3 is 13.6 Å². The molecule has 7 aromatic carbocycles. The highest BCUT2D eigenvalue weighted by molar-refractivity contribution is 6.21. The fraction of sp³-hybridized carbons (Fsp3) is 0. The fourth-order valence-corrected chi connectivity index (χ4v) is 7.87. The Balaban J connectivity index is 1.34. The SMILES string of the molecule is N#Cc1cc(-c2cc(C#N)cc(C#N)c2-n2c3ccccc3c3ccccc32)cc(-n2c3ccccc3c3ccc4c5ccccc5oc4c32)c1. The van der Waals surface area contributed by atoms with Crippen LogP contribution < -0.4 is 0 Å². The van der Waals surface area contributed by atoms with Crippen molar-refractivity contribution in [1.29, 1.82) is 15.8 Å². The van der Waals surface area contributed by atoms with Crippen LogP contribution in [0.1, 0.15) is 16.7 Å². The van der Waals surface area contributed by atoms with Crippen molar-refractivity contribution in [3.63, 3.8) is 0 Å². The van der Waals surface area contributed by atoms with Gasteiger partial charge in [0.1, 0.15) is 11.7 Å². The van der Waals surface area contributed by atoms with Crippen LogP contribution in [0.25, 0.3) is 88.1 Å². The Labute approximate surface area is 291 Å². The number of nitriles is 3. The van der Waals surface area contributed by atoms with E-state index < -0.39 is 0 Å². The summed E-state index contributed by atoms with van der Waals surface area (Å²) in [7, 11) is 0. The van der Waals surface area contributed by atoms with E-state index in [4.69, 9.17) is 4.42 Å². The molecular weight excluding hydrogens is 627 g/mol. The van der Waals surface area contributed by atoms with Crippen LogP contribution >= 0.6 is 0 Å². The summed E-state index contributed by atoms with van der Waals surface area (Å²) in [4.78, 5) is 0. The molecule has 0 spiro atoms. The molecule has 0 aliphatic heterocycles. The molecule has 0 bridgehead atoms. The van der Waals surface area contributed by atoms with E-state index in [1.165, 1.54) is 0 Å². The first kappa shape index (κ1) is 28.4. The minimum Gasteiger partial charge on any atom is -0.454 e. The van der Waals surface area contributed by atoms with Crippen LogP contribution in [0.2, 0.25) is 0 Å². The number of fused-ring (bicyclic) bond motifs is 10. The topological polar surface area (TPSA) is 94.4 Å². The van der Waals surface area contributed by atoms with Crippen LogP contribution in [-0.2, 0) is 0 Å². The van der Waals surface area contributed by atoms with Crippen molar-refractivity contribution < 1.29 is 4.42 Å². The lowest BCUT2D eigenvalue weighted by atomic mass is 9.95. The molecule has 0 amide bonds. The van der Waals surface area contributed by atoms with Gasteiger partial charge in [0.2, 0.25) is 0 Å². The number of hydrogen-bond acceptors (Lipinski definition) is 4. The van der Waals surface area contributed by atoms with Crippen molar-refractivity contribution in [2.75, 3.05) is 0 Å². The van der Waals surface area contributed by atoms with Gasteiger partial charge in [0, 0.05) is 43.6 Å². The smallest absolute Gasteiger partial charge is 0.160 e. The van der Waals surface area contributed by atoms with Gasteiger partial charge in [0.05, 0.1) is 56.6 Å². The molecule has 3 aromatic heterocycles. The second-order valence-electron chi connectivity index (χ2n) is 12.7. The summed E-state index contributed by atoms with van der Waals surface area (Å²) in [6.07, 6.45) is 0. The average Bonchev–Trinajstić information content (AvgIpc) is 3.85. The van der Waals surface area contributed by atoms with Crippen molar-refractivity contribution in [3.05, 3.63) is 156 Å². The Hall–Kier alpha value is -7.59. The van der Waals surface area contributed by atoms with Crippen molar-refractivity contribution in [1.82, 2.24) is 9.13 Å². The molecule has 10 aromatic rings. The van der Waals surface area contributed by atoms with Crippen LogP contribution in [0.4, 0.5) is 0 Å². The molecule has 234 valence electrons. The quantitative estimate of drug-likeness (QED) is 0.190. The highest BCUT2D eigenvalue weighted by atomic mass is 16.3. The molecule has 0 unspecified atom stereocenters. The van der Waals surface area contributed by atoms with Crippen LogP contribution in [-0.4, -0.2) is 9.13 Å². The molecule has 0 atom stereocenters. The number of benzene rings is 7. The summed E-state index contributed by atoms with van der Waals surface area (Å²) in [5, 5.41) is 37.5. The van der Waals surface area contributed by atoms with Gasteiger partial charge in [-0.25, -0.2) is 0 Å². The summed E-state index contributed by atoms with van der Waals surface area (Å²) < 4.78 is 10.9. The van der Waals surface area contributed by atoms with Crippen LogP contribution in [0, 0.1) is 34.0 Å². The summed E-state index contributed by atoms with van der Waals surface area (Å²) >= 11 is 0. The largest absolute Gasteiger partial charge is 0.454 e. The molecule has 51 heavy (non-hydrogen) atoms. The molecule has 0 fully saturated rings. The predicted octanol–water partition coefficient (Wildman–Crippen LogP) is 11.1. The van der Waals surface area contributed by atoms with Crippen LogP contribution in [0.5, 0.6) is 0 Å². The lowest BCUT2D eigenvalue weighted by Gasteiger charge is -2.18. The molecule has 0 N–H and O–H groups in total. The molecular formula is C45H23N5O. The van der Waals surface area contributed by atoms with Gasteiger partial charge in [-0.2, -0.15) is 15.8 Å². The first-order valence-corrected chi connectivity index (χ1v) is 16.5. The fourth-order valence-electron chi connectivity index (χ4n) is 7.87. The molecule has 0 saturated heterocycles. The Morgan fingerprint density at radius 1 is 0.471 bits per heavy atom. The number of furan rings is 1. The number of aromatic nitrogens is 2. The zero-order chi connectivity index (χ0) is 34.2. The molecule has 0 aliphatic carbocycles. The van der Waals surface area contributed by atoms with Gasteiger partial charge in [0.15, 0.2) is 5.58 Å². The summed E-state index contributed by atoms with van der Waals surface area (Å²) in [6, 6.07) is 53.1. The van der Waals surface area contributed by atoms with Crippen molar-refractivity contribution in [3.8, 4) is 40.7 Å². The maximum Gasteiger partial charge on any atom is 0.160 e. The van der Waals surface area contributed by atoms with Gasteiger partial charge in [-0.15, -0.1) is 0 Å². The van der Waals surface area contributed by atoms with E-state index in [2.05, 4.69) is 69.8 Å². The lowest BCUT2D eigenvalue weighted by molar-refractivity contribution is 0.671. The first-order valence-electron chi connectivity index (χ1n) is 16.5. The lowest BCUT2D eigenvalue weighted by Crippen LogP contribution is -2.03. The van der Waals surface area contributed by atoms with Gasteiger partial charge >= 0.3 is 0 Å². The van der Waals surface area contributed by atoms with E-state index in [1.54, 1.807) is 6.07 Å². The molecule has 6 heteroatoms. The van der Waals surface area contributed by atoms with E-state index in [0.717, 1.165) is 71.2 Å². The van der Waals surface area contributed by atoms with Crippen molar-refractivity contribution >= 4 is 65.6 Å². The molecule has 10 rings (SSSR count). The summed E-state index contributed by atoms with van der Waals surface area (Å²) in [5.41, 5.74) is 9.26. The van der Waals surface area contributed by atoms with E-state index in [1.807, 2.05) is 91.0 Å². The van der Waals surface area contributed by atoms with Gasteiger partial charge in [-0.3, -0.25) is 0 Å². The number of hydrogen-bond donors (Lipinski definition) is 0. The van der Waals surface area contributed by atoms with Crippen LogP contribution in [0.15, 0.2) is 144 Å². The van der Waals surface area contributed by atoms with E-state index in [0.29, 0.717) is 33.5 Å². The van der Waals surface area contributed by atoms with Crippen molar-refractivity contribution in [2.45, 2.75) is 0 Å². The van der Waals surface area contributed by atoms with E-state index >= 15 is 0 Å². The van der Waals surface area contributed by atoms with Crippen LogP contribution in [0.3, 0.4) is 0 Å². The Morgan fingerprint density at radius 3 is 1.71 bits per heavy atom. The third-order valence-electron chi connectivity index (χ3n) is 9.96. The Bertz CT molecular complexity index is 3190. The molecule has 6 nitrogen and oxygen atoms in total. The zero-order valence-corrected chi connectivity index (χ0v) is 26.9. The first-order chi connectivity index (χ1) is 25.2. The molecule has 0 aliphatic rings. The number of rotatable bonds is 3. The normalized spacial score (nSPS) is 11.5. The molecule has 3 heterocycles. The zero-order valence-electron chi connectivity index (χ0n) is 26.9. The second kappa shape index (κ2) is 10.7. The van der Waals surface area contributed by atoms with E-state index in [-0.39, 0.29) is 0 Å². The highest BCUT2D eigenvalue weighted by Crippen LogP contribution is 2.43. The predicted molar refractivity (Wildman–Crippen MR) is 202 cm³/mol. The maximum atomic E-state index is 10.6. The Morgan fingerprint density at radius 2 is 1.04 bits per heavy atom. The average molecular weight is 650 g/mol. The number of para-hydroxylation sites is 4. The summed E-state index contributed by atoms with van der Waals surface area (Å²) in [6.45, 7) is 0. The summed E-state index contributed by atoms with van der Waals surface area (Å²) in [5.74, 6) is 0. The minimum atomic E-state index is 0.357. The monoisotopic (exact) mass is 649 g/mol. The van der Waals surface area contributed by atoms with Gasteiger partial charge in [0.25, 0.3) is 0 Å². The minimum absolute atomic E-state index is 0.357. The highest BCUT2D eigenvalue weighted by Gasteiger charge is 2.23. The second-order valence-corrected chi connectivity index (χ2v) is 12.7. The Kier molecular flexibility index (Phi) is 5.97. The third kappa shape index (κ3) is 4.01. The van der Waals surface area contributed by atoms with Crippen molar-refractivity contribution in [2.24, 2.45) is 0 Å². The van der Waals surface area contributed by atoms with Gasteiger partial charge in [-0.05, 0) is 66.2 Å². The molecule has 0 saturated carbocycles. The standard InChI is InChI=1S/C45H23N5O/c46-24-27-19-29(38-22-28(25-47)20-30(26-48)43(38)50-40-14-6-1-9-32(40)33-10-2-7-15-41(33)50)23-31(21-27)49-39-13-5-3-11-34(39)36-17-18-37-35-12-4-8-16-42(35)51-45(37)44(36)49/h1-23H. The van der Waals surface area contributed by atoms with Gasteiger partial charge in [-0.1, -0.05) is 78.9 Å². The molecule has 0 radical (unpaired) electrons. The van der Waals surface area contributed by atoms with E-state index in [9.17, 15) is 15.8 Å². The third-order valence-corrected chi connectivity index (χ3v) is 9.96.